The Morgan fingerprint density at radius 1 is 1.29 bits per heavy atom. The van der Waals surface area contributed by atoms with Gasteiger partial charge in [0.1, 0.15) is 5.58 Å². The highest BCUT2D eigenvalue weighted by molar-refractivity contribution is 6.11. The predicted octanol–water partition coefficient (Wildman–Crippen LogP) is 2.42. The molecule has 1 aliphatic rings. The lowest BCUT2D eigenvalue weighted by atomic mass is 10.1. The number of nitrogens with one attached hydrogen (secondary N) is 1. The molecule has 2 aromatic rings. The second-order valence-corrected chi connectivity index (χ2v) is 6.29. The summed E-state index contributed by atoms with van der Waals surface area (Å²) >= 11 is 0. The fourth-order valence-electron chi connectivity index (χ4n) is 3.08. The van der Waals surface area contributed by atoms with E-state index >= 15 is 0 Å². The number of para-hydroxylation sites is 1. The number of nitrogens with zero attached hydrogens (tertiary/aromatic N) is 1. The van der Waals surface area contributed by atoms with Crippen LogP contribution in [0.15, 0.2) is 28.7 Å². The third-order valence-electron chi connectivity index (χ3n) is 4.59. The van der Waals surface area contributed by atoms with Crippen LogP contribution in [0.25, 0.3) is 11.0 Å². The molecule has 1 fully saturated rings. The molecule has 0 bridgehead atoms. The SMILES string of the molecule is CC(=O)c1oc2ccccc2c1NC(=O)[C@H](C)N1CCC(O)CC1. The third kappa shape index (κ3) is 3.20. The number of likely N-dealkylation sites (tertiary alicyclic amines) is 1. The quantitative estimate of drug-likeness (QED) is 0.841. The first-order valence-electron chi connectivity index (χ1n) is 8.23. The first kappa shape index (κ1) is 16.7. The summed E-state index contributed by atoms with van der Waals surface area (Å²) in [6, 6.07) is 6.91. The Bertz CT molecular complexity index is 759. The predicted molar refractivity (Wildman–Crippen MR) is 91.1 cm³/mol. The van der Waals surface area contributed by atoms with Gasteiger partial charge >= 0.3 is 0 Å². The Labute approximate surface area is 140 Å². The summed E-state index contributed by atoms with van der Waals surface area (Å²) < 4.78 is 5.59. The Kier molecular flexibility index (Phi) is 4.69. The van der Waals surface area contributed by atoms with E-state index in [0.29, 0.717) is 37.2 Å². The lowest BCUT2D eigenvalue weighted by Gasteiger charge is -2.33. The van der Waals surface area contributed by atoms with Crippen LogP contribution in [0.2, 0.25) is 0 Å². The minimum atomic E-state index is -0.342. The smallest absolute Gasteiger partial charge is 0.241 e. The van der Waals surface area contributed by atoms with E-state index in [-0.39, 0.29) is 29.6 Å². The van der Waals surface area contributed by atoms with Crippen molar-refractivity contribution in [1.82, 2.24) is 4.90 Å². The number of hydrogen-bond donors (Lipinski definition) is 2. The highest BCUT2D eigenvalue weighted by Crippen LogP contribution is 2.31. The van der Waals surface area contributed by atoms with Crippen molar-refractivity contribution < 1.29 is 19.1 Å². The van der Waals surface area contributed by atoms with Crippen molar-refractivity contribution in [1.29, 1.82) is 0 Å². The number of aliphatic hydroxyl groups is 1. The molecule has 0 unspecified atom stereocenters. The largest absolute Gasteiger partial charge is 0.451 e. The van der Waals surface area contributed by atoms with Gasteiger partial charge in [0, 0.05) is 25.4 Å². The van der Waals surface area contributed by atoms with E-state index < -0.39 is 0 Å². The van der Waals surface area contributed by atoms with E-state index in [1.807, 2.05) is 30.0 Å². The van der Waals surface area contributed by atoms with Gasteiger partial charge in [0.25, 0.3) is 0 Å². The van der Waals surface area contributed by atoms with Crippen molar-refractivity contribution in [2.75, 3.05) is 18.4 Å². The van der Waals surface area contributed by atoms with E-state index in [0.717, 1.165) is 5.39 Å². The van der Waals surface area contributed by atoms with Crippen molar-refractivity contribution in [2.45, 2.75) is 38.8 Å². The number of ketones is 1. The summed E-state index contributed by atoms with van der Waals surface area (Å²) in [4.78, 5) is 26.5. The first-order valence-corrected chi connectivity index (χ1v) is 8.23. The van der Waals surface area contributed by atoms with Crippen LogP contribution in [0.5, 0.6) is 0 Å². The zero-order chi connectivity index (χ0) is 17.3. The molecule has 1 aromatic carbocycles. The summed E-state index contributed by atoms with van der Waals surface area (Å²) in [6.07, 6.45) is 1.06. The van der Waals surface area contributed by atoms with Crippen molar-refractivity contribution in [3.63, 3.8) is 0 Å². The number of hydrogen-bond acceptors (Lipinski definition) is 5. The molecule has 24 heavy (non-hydrogen) atoms. The molecule has 0 aliphatic carbocycles. The molecule has 1 aliphatic heterocycles. The van der Waals surface area contributed by atoms with E-state index in [2.05, 4.69) is 5.32 Å². The Balaban J connectivity index is 1.82. The molecular weight excluding hydrogens is 308 g/mol. The Morgan fingerprint density at radius 3 is 2.62 bits per heavy atom. The number of carbonyl (C=O) groups excluding carboxylic acids is 2. The summed E-state index contributed by atoms with van der Waals surface area (Å²) in [6.45, 7) is 4.62. The molecule has 2 heterocycles. The second-order valence-electron chi connectivity index (χ2n) is 6.29. The average molecular weight is 330 g/mol. The van der Waals surface area contributed by atoms with Gasteiger partial charge in [-0.25, -0.2) is 0 Å². The topological polar surface area (TPSA) is 82.8 Å². The Hall–Kier alpha value is -2.18. The number of Topliss-reactive ketones (excluding diaryl/α,β-unsaturated/α-hetero) is 1. The van der Waals surface area contributed by atoms with Crippen LogP contribution in [0.1, 0.15) is 37.2 Å². The van der Waals surface area contributed by atoms with E-state index in [4.69, 9.17) is 4.42 Å². The minimum Gasteiger partial charge on any atom is -0.451 e. The van der Waals surface area contributed by atoms with Gasteiger partial charge in [-0.15, -0.1) is 0 Å². The molecule has 1 atom stereocenters. The van der Waals surface area contributed by atoms with Gasteiger partial charge in [0.15, 0.2) is 11.5 Å². The average Bonchev–Trinajstić information content (AvgIpc) is 2.94. The van der Waals surface area contributed by atoms with Crippen LogP contribution in [-0.4, -0.2) is 46.9 Å². The number of fused-ring (bicyclic) bond motifs is 1. The van der Waals surface area contributed by atoms with Crippen LogP contribution in [-0.2, 0) is 4.79 Å². The summed E-state index contributed by atoms with van der Waals surface area (Å²) in [5.74, 6) is -0.235. The first-order chi connectivity index (χ1) is 11.5. The van der Waals surface area contributed by atoms with E-state index in [1.165, 1.54) is 6.92 Å². The highest BCUT2D eigenvalue weighted by atomic mass is 16.3. The van der Waals surface area contributed by atoms with E-state index in [9.17, 15) is 14.7 Å². The number of aliphatic hydroxyl groups excluding tert-OH is 1. The number of carbonyl (C=O) groups is 2. The molecule has 0 radical (unpaired) electrons. The number of anilines is 1. The highest BCUT2D eigenvalue weighted by Gasteiger charge is 2.27. The number of rotatable bonds is 4. The number of piperidine rings is 1. The van der Waals surface area contributed by atoms with Gasteiger partial charge in [0.05, 0.1) is 17.8 Å². The molecule has 6 heteroatoms. The molecule has 128 valence electrons. The van der Waals surface area contributed by atoms with Crippen molar-refractivity contribution in [2.24, 2.45) is 0 Å². The second kappa shape index (κ2) is 6.75. The lowest BCUT2D eigenvalue weighted by molar-refractivity contribution is -0.121. The van der Waals surface area contributed by atoms with Crippen molar-refractivity contribution in [3.05, 3.63) is 30.0 Å². The van der Waals surface area contributed by atoms with Gasteiger partial charge in [-0.2, -0.15) is 0 Å². The van der Waals surface area contributed by atoms with Gasteiger partial charge in [-0.1, -0.05) is 12.1 Å². The van der Waals surface area contributed by atoms with Crippen LogP contribution >= 0.6 is 0 Å². The molecule has 1 saturated heterocycles. The van der Waals surface area contributed by atoms with Gasteiger partial charge in [0.2, 0.25) is 5.91 Å². The molecule has 0 spiro atoms. The molecule has 6 nitrogen and oxygen atoms in total. The maximum Gasteiger partial charge on any atom is 0.241 e. The molecule has 1 amide bonds. The maximum absolute atomic E-state index is 12.6. The number of benzene rings is 1. The third-order valence-corrected chi connectivity index (χ3v) is 4.59. The van der Waals surface area contributed by atoms with E-state index in [1.54, 1.807) is 6.07 Å². The number of furan rings is 1. The maximum atomic E-state index is 12.6. The van der Waals surface area contributed by atoms with Crippen LogP contribution in [0, 0.1) is 0 Å². The van der Waals surface area contributed by atoms with Gasteiger partial charge < -0.3 is 14.8 Å². The summed E-state index contributed by atoms with van der Waals surface area (Å²) in [5.41, 5.74) is 1.01. The molecule has 3 rings (SSSR count). The molecular formula is C18H22N2O4. The normalized spacial score (nSPS) is 17.8. The summed E-state index contributed by atoms with van der Waals surface area (Å²) in [7, 11) is 0. The van der Waals surface area contributed by atoms with Crippen LogP contribution in [0.3, 0.4) is 0 Å². The van der Waals surface area contributed by atoms with Crippen molar-refractivity contribution >= 4 is 28.3 Å². The monoisotopic (exact) mass is 330 g/mol. The molecule has 2 N–H and O–H groups in total. The zero-order valence-electron chi connectivity index (χ0n) is 13.9. The van der Waals surface area contributed by atoms with Crippen molar-refractivity contribution in [3.8, 4) is 0 Å². The fraction of sp³-hybridized carbons (Fsp3) is 0.444. The standard InChI is InChI=1S/C18H22N2O4/c1-11(20-9-7-13(22)8-10-20)18(23)19-16-14-5-3-4-6-15(14)24-17(16)12(2)21/h3-6,11,13,22H,7-10H2,1-2H3,(H,19,23)/t11-/m0/s1. The lowest BCUT2D eigenvalue weighted by Crippen LogP contribution is -2.47. The minimum absolute atomic E-state index is 0.172. The zero-order valence-corrected chi connectivity index (χ0v) is 13.9. The molecule has 1 aromatic heterocycles. The van der Waals surface area contributed by atoms with Crippen LogP contribution < -0.4 is 5.32 Å². The van der Waals surface area contributed by atoms with Crippen LogP contribution in [0.4, 0.5) is 5.69 Å². The number of amides is 1. The molecule has 0 saturated carbocycles. The van der Waals surface area contributed by atoms with Gasteiger partial charge in [-0.05, 0) is 31.9 Å². The fourth-order valence-corrected chi connectivity index (χ4v) is 3.08. The van der Waals surface area contributed by atoms with Gasteiger partial charge in [-0.3, -0.25) is 14.5 Å². The Morgan fingerprint density at radius 2 is 1.96 bits per heavy atom. The summed E-state index contributed by atoms with van der Waals surface area (Å²) in [5, 5.41) is 13.2.